The summed E-state index contributed by atoms with van der Waals surface area (Å²) >= 11 is 0. The fourth-order valence-corrected chi connectivity index (χ4v) is 1.72. The molecule has 1 heterocycles. The van der Waals surface area contributed by atoms with Crippen molar-refractivity contribution in [2.75, 3.05) is 0 Å². The zero-order chi connectivity index (χ0) is 14.5. The van der Waals surface area contributed by atoms with Gasteiger partial charge in [-0.05, 0) is 24.6 Å². The SMILES string of the molecule is Cc1cccc(OCc2cccnc2/C(N)=N/O)c1F. The molecule has 0 unspecified atom stereocenters. The van der Waals surface area contributed by atoms with E-state index in [-0.39, 0.29) is 18.2 Å². The van der Waals surface area contributed by atoms with E-state index in [1.54, 1.807) is 37.3 Å². The standard InChI is InChI=1S/C14H14FN3O2/c1-9-4-2-6-11(12(9)15)20-8-10-5-3-7-17-13(10)14(16)18-19/h2-7,19H,8H2,1H3,(H2,16,18). The lowest BCUT2D eigenvalue weighted by atomic mass is 10.2. The zero-order valence-corrected chi connectivity index (χ0v) is 10.9. The quantitative estimate of drug-likeness (QED) is 0.388. The van der Waals surface area contributed by atoms with E-state index in [1.165, 1.54) is 6.20 Å². The summed E-state index contributed by atoms with van der Waals surface area (Å²) in [5, 5.41) is 11.6. The van der Waals surface area contributed by atoms with Crippen LogP contribution in [0.15, 0.2) is 41.7 Å². The van der Waals surface area contributed by atoms with E-state index in [1.807, 2.05) is 0 Å². The van der Waals surface area contributed by atoms with Gasteiger partial charge in [0, 0.05) is 11.8 Å². The first-order valence-electron chi connectivity index (χ1n) is 5.93. The number of halogens is 1. The van der Waals surface area contributed by atoms with Crippen molar-refractivity contribution >= 4 is 5.84 Å². The molecule has 0 aliphatic carbocycles. The van der Waals surface area contributed by atoms with Crippen molar-refractivity contribution in [1.82, 2.24) is 4.98 Å². The minimum Gasteiger partial charge on any atom is -0.486 e. The summed E-state index contributed by atoms with van der Waals surface area (Å²) in [4.78, 5) is 4.01. The molecule has 0 radical (unpaired) electrons. The van der Waals surface area contributed by atoms with E-state index in [2.05, 4.69) is 10.1 Å². The Balaban J connectivity index is 2.21. The van der Waals surface area contributed by atoms with Crippen LogP contribution in [-0.2, 0) is 6.61 Å². The van der Waals surface area contributed by atoms with Gasteiger partial charge in [0.1, 0.15) is 12.3 Å². The number of benzene rings is 1. The van der Waals surface area contributed by atoms with Crippen LogP contribution in [-0.4, -0.2) is 16.0 Å². The first-order chi connectivity index (χ1) is 9.63. The molecule has 0 atom stereocenters. The molecular formula is C14H14FN3O2. The van der Waals surface area contributed by atoms with Crippen LogP contribution < -0.4 is 10.5 Å². The van der Waals surface area contributed by atoms with Crippen LogP contribution >= 0.6 is 0 Å². The molecule has 6 heteroatoms. The second kappa shape index (κ2) is 6.01. The van der Waals surface area contributed by atoms with Crippen LogP contribution in [0.4, 0.5) is 4.39 Å². The molecule has 20 heavy (non-hydrogen) atoms. The molecule has 0 amide bonds. The first-order valence-corrected chi connectivity index (χ1v) is 5.93. The molecular weight excluding hydrogens is 261 g/mol. The van der Waals surface area contributed by atoms with Gasteiger partial charge >= 0.3 is 0 Å². The third-order valence-corrected chi connectivity index (χ3v) is 2.78. The molecule has 0 saturated carbocycles. The highest BCUT2D eigenvalue weighted by atomic mass is 19.1. The summed E-state index contributed by atoms with van der Waals surface area (Å²) in [6.45, 7) is 1.73. The Morgan fingerprint density at radius 3 is 2.95 bits per heavy atom. The second-order valence-electron chi connectivity index (χ2n) is 4.17. The molecule has 2 aromatic rings. The fourth-order valence-electron chi connectivity index (χ4n) is 1.72. The number of amidine groups is 1. The Hall–Kier alpha value is -2.63. The largest absolute Gasteiger partial charge is 0.486 e. The average molecular weight is 275 g/mol. The van der Waals surface area contributed by atoms with Crippen LogP contribution in [0.2, 0.25) is 0 Å². The molecule has 0 aliphatic rings. The highest BCUT2D eigenvalue weighted by Gasteiger charge is 2.11. The third-order valence-electron chi connectivity index (χ3n) is 2.78. The van der Waals surface area contributed by atoms with Crippen molar-refractivity contribution < 1.29 is 14.3 Å². The Morgan fingerprint density at radius 2 is 2.20 bits per heavy atom. The summed E-state index contributed by atoms with van der Waals surface area (Å²) in [5.74, 6) is -0.366. The Morgan fingerprint density at radius 1 is 1.40 bits per heavy atom. The number of nitrogens with zero attached hydrogens (tertiary/aromatic N) is 2. The Labute approximate surface area is 115 Å². The minimum absolute atomic E-state index is 0.0692. The van der Waals surface area contributed by atoms with Crippen molar-refractivity contribution in [1.29, 1.82) is 0 Å². The number of oxime groups is 1. The van der Waals surface area contributed by atoms with Gasteiger partial charge in [-0.1, -0.05) is 23.4 Å². The fraction of sp³-hybridized carbons (Fsp3) is 0.143. The normalized spacial score (nSPS) is 11.4. The summed E-state index contributed by atoms with van der Waals surface area (Å²) in [5.41, 5.74) is 6.94. The minimum atomic E-state index is -0.401. The molecule has 0 aliphatic heterocycles. The van der Waals surface area contributed by atoms with Crippen molar-refractivity contribution in [2.24, 2.45) is 10.9 Å². The van der Waals surface area contributed by atoms with E-state index in [4.69, 9.17) is 15.7 Å². The molecule has 0 fully saturated rings. The third kappa shape index (κ3) is 2.85. The summed E-state index contributed by atoms with van der Waals surface area (Å²) < 4.78 is 19.2. The van der Waals surface area contributed by atoms with Crippen LogP contribution in [0.1, 0.15) is 16.8 Å². The number of rotatable bonds is 4. The van der Waals surface area contributed by atoms with Gasteiger partial charge in [-0.15, -0.1) is 0 Å². The number of pyridine rings is 1. The van der Waals surface area contributed by atoms with Gasteiger partial charge in [-0.2, -0.15) is 0 Å². The monoisotopic (exact) mass is 275 g/mol. The molecule has 0 saturated heterocycles. The zero-order valence-electron chi connectivity index (χ0n) is 10.9. The van der Waals surface area contributed by atoms with Crippen molar-refractivity contribution in [3.05, 3.63) is 59.2 Å². The van der Waals surface area contributed by atoms with Crippen LogP contribution in [0.5, 0.6) is 5.75 Å². The summed E-state index contributed by atoms with van der Waals surface area (Å²) in [7, 11) is 0. The van der Waals surface area contributed by atoms with Gasteiger partial charge in [0.15, 0.2) is 17.4 Å². The lowest BCUT2D eigenvalue weighted by Gasteiger charge is -2.10. The molecule has 2 rings (SSSR count). The number of ether oxygens (including phenoxy) is 1. The highest BCUT2D eigenvalue weighted by molar-refractivity contribution is 5.96. The van der Waals surface area contributed by atoms with Gasteiger partial charge < -0.3 is 15.7 Å². The predicted molar refractivity (Wildman–Crippen MR) is 72.2 cm³/mol. The lowest BCUT2D eigenvalue weighted by Crippen LogP contribution is -2.18. The first kappa shape index (κ1) is 13.8. The summed E-state index contributed by atoms with van der Waals surface area (Å²) in [6.07, 6.45) is 1.52. The number of aryl methyl sites for hydroxylation is 1. The summed E-state index contributed by atoms with van der Waals surface area (Å²) in [6, 6.07) is 8.32. The predicted octanol–water partition coefficient (Wildman–Crippen LogP) is 2.20. The maximum absolute atomic E-state index is 13.8. The number of hydrogen-bond donors (Lipinski definition) is 2. The van der Waals surface area contributed by atoms with Crippen LogP contribution in [0.3, 0.4) is 0 Å². The molecule has 3 N–H and O–H groups in total. The Bertz CT molecular complexity index is 644. The van der Waals surface area contributed by atoms with Crippen LogP contribution in [0, 0.1) is 12.7 Å². The van der Waals surface area contributed by atoms with Crippen molar-refractivity contribution in [3.8, 4) is 5.75 Å². The second-order valence-corrected chi connectivity index (χ2v) is 4.17. The molecule has 0 spiro atoms. The number of aromatic nitrogens is 1. The topological polar surface area (TPSA) is 80.7 Å². The maximum Gasteiger partial charge on any atom is 0.189 e. The van der Waals surface area contributed by atoms with E-state index >= 15 is 0 Å². The Kier molecular flexibility index (Phi) is 4.14. The highest BCUT2D eigenvalue weighted by Crippen LogP contribution is 2.21. The lowest BCUT2D eigenvalue weighted by molar-refractivity contribution is 0.288. The van der Waals surface area contributed by atoms with Gasteiger partial charge in [0.25, 0.3) is 0 Å². The number of nitrogens with two attached hydrogens (primary N) is 1. The average Bonchev–Trinajstić information content (AvgIpc) is 2.48. The molecule has 1 aromatic heterocycles. The van der Waals surface area contributed by atoms with Crippen molar-refractivity contribution in [2.45, 2.75) is 13.5 Å². The van der Waals surface area contributed by atoms with Gasteiger partial charge in [-0.3, -0.25) is 4.98 Å². The van der Waals surface area contributed by atoms with Gasteiger partial charge in [0.05, 0.1) is 0 Å². The van der Waals surface area contributed by atoms with E-state index in [9.17, 15) is 4.39 Å². The van der Waals surface area contributed by atoms with Gasteiger partial charge in [0.2, 0.25) is 0 Å². The maximum atomic E-state index is 13.8. The molecule has 0 bridgehead atoms. The molecule has 1 aromatic carbocycles. The van der Waals surface area contributed by atoms with Crippen LogP contribution in [0.25, 0.3) is 0 Å². The van der Waals surface area contributed by atoms with E-state index in [0.29, 0.717) is 16.8 Å². The van der Waals surface area contributed by atoms with Gasteiger partial charge in [-0.25, -0.2) is 4.39 Å². The number of hydrogen-bond acceptors (Lipinski definition) is 4. The smallest absolute Gasteiger partial charge is 0.189 e. The molecule has 104 valence electrons. The molecule has 5 nitrogen and oxygen atoms in total. The van der Waals surface area contributed by atoms with E-state index < -0.39 is 5.82 Å². The van der Waals surface area contributed by atoms with Crippen molar-refractivity contribution in [3.63, 3.8) is 0 Å². The van der Waals surface area contributed by atoms with E-state index in [0.717, 1.165) is 0 Å².